The Kier molecular flexibility index (Phi) is 7.18. The summed E-state index contributed by atoms with van der Waals surface area (Å²) in [5.41, 5.74) is 1.86. The van der Waals surface area contributed by atoms with Crippen molar-refractivity contribution in [3.05, 3.63) is 77.5 Å². The van der Waals surface area contributed by atoms with Gasteiger partial charge in [0.15, 0.2) is 0 Å². The number of amides is 2. The van der Waals surface area contributed by atoms with Gasteiger partial charge in [-0.25, -0.2) is 0 Å². The number of rotatable bonds is 7. The monoisotopic (exact) mass is 350 g/mol. The third-order valence-corrected chi connectivity index (χ3v) is 3.49. The van der Waals surface area contributed by atoms with Gasteiger partial charge in [0.1, 0.15) is 11.4 Å². The van der Waals surface area contributed by atoms with Crippen molar-refractivity contribution in [1.29, 1.82) is 0 Å². The van der Waals surface area contributed by atoms with E-state index >= 15 is 0 Å². The topological polar surface area (TPSA) is 67.4 Å². The van der Waals surface area contributed by atoms with E-state index in [1.807, 2.05) is 49.4 Å². The minimum Gasteiger partial charge on any atom is -0.497 e. The van der Waals surface area contributed by atoms with Crippen molar-refractivity contribution in [2.24, 2.45) is 0 Å². The van der Waals surface area contributed by atoms with Crippen LogP contribution in [-0.2, 0) is 9.59 Å². The number of nitrogens with one attached hydrogen (secondary N) is 2. The molecule has 0 aromatic heterocycles. The highest BCUT2D eigenvalue weighted by molar-refractivity contribution is 6.04. The number of methoxy groups -OCH3 is 1. The Hall–Kier alpha value is -3.34. The molecule has 134 valence electrons. The van der Waals surface area contributed by atoms with Crippen LogP contribution in [0.3, 0.4) is 0 Å². The van der Waals surface area contributed by atoms with E-state index in [2.05, 4.69) is 10.6 Å². The van der Waals surface area contributed by atoms with E-state index in [1.54, 1.807) is 31.4 Å². The molecule has 0 atom stereocenters. The maximum atomic E-state index is 12.2. The fraction of sp³-hybridized carbons (Fsp3) is 0.143. The van der Waals surface area contributed by atoms with Crippen molar-refractivity contribution in [3.63, 3.8) is 0 Å². The van der Waals surface area contributed by atoms with E-state index in [0.29, 0.717) is 6.54 Å². The summed E-state index contributed by atoms with van der Waals surface area (Å²) in [6.07, 6.45) is 4.72. The Morgan fingerprint density at radius 1 is 1.00 bits per heavy atom. The van der Waals surface area contributed by atoms with E-state index < -0.39 is 0 Å². The van der Waals surface area contributed by atoms with Crippen LogP contribution in [-0.4, -0.2) is 25.5 Å². The van der Waals surface area contributed by atoms with Crippen LogP contribution in [0.2, 0.25) is 0 Å². The highest BCUT2D eigenvalue weighted by Gasteiger charge is 2.11. The van der Waals surface area contributed by atoms with Gasteiger partial charge in [-0.15, -0.1) is 0 Å². The third kappa shape index (κ3) is 5.94. The van der Waals surface area contributed by atoms with Gasteiger partial charge in [0.25, 0.3) is 5.91 Å². The van der Waals surface area contributed by atoms with E-state index in [4.69, 9.17) is 4.74 Å². The van der Waals surface area contributed by atoms with Crippen LogP contribution in [0.1, 0.15) is 18.1 Å². The minimum absolute atomic E-state index is 0.180. The highest BCUT2D eigenvalue weighted by atomic mass is 16.5. The standard InChI is InChI=1S/C21H22N2O3/c1-3-22-21(25)19(15-17-9-12-18(26-2)13-10-17)23-20(24)14-11-16-7-5-4-6-8-16/h4-15H,3H2,1-2H3,(H,22,25)(H,23,24). The summed E-state index contributed by atoms with van der Waals surface area (Å²) in [6.45, 7) is 2.29. The number of benzene rings is 2. The van der Waals surface area contributed by atoms with Crippen LogP contribution in [0, 0.1) is 0 Å². The van der Waals surface area contributed by atoms with Crippen LogP contribution in [0.15, 0.2) is 66.4 Å². The third-order valence-electron chi connectivity index (χ3n) is 3.49. The summed E-state index contributed by atoms with van der Waals surface area (Å²) < 4.78 is 5.12. The van der Waals surface area contributed by atoms with E-state index in [1.165, 1.54) is 6.08 Å². The summed E-state index contributed by atoms with van der Waals surface area (Å²) in [5, 5.41) is 5.34. The zero-order chi connectivity index (χ0) is 18.8. The molecule has 2 aromatic carbocycles. The summed E-state index contributed by atoms with van der Waals surface area (Å²) in [6, 6.07) is 16.7. The first-order chi connectivity index (χ1) is 12.6. The van der Waals surface area contributed by atoms with Gasteiger partial charge in [0.2, 0.25) is 5.91 Å². The first-order valence-corrected chi connectivity index (χ1v) is 8.30. The molecule has 0 aliphatic rings. The average molecular weight is 350 g/mol. The van der Waals surface area contributed by atoms with Gasteiger partial charge in [-0.2, -0.15) is 0 Å². The molecule has 0 fully saturated rings. The average Bonchev–Trinajstić information content (AvgIpc) is 2.67. The Morgan fingerprint density at radius 3 is 2.31 bits per heavy atom. The smallest absolute Gasteiger partial charge is 0.267 e. The predicted octanol–water partition coefficient (Wildman–Crippen LogP) is 3.00. The molecule has 0 saturated heterocycles. The summed E-state index contributed by atoms with van der Waals surface area (Å²) in [4.78, 5) is 24.4. The molecule has 0 radical (unpaired) electrons. The second-order valence-electron chi connectivity index (χ2n) is 5.42. The minimum atomic E-state index is -0.375. The van der Waals surface area contributed by atoms with Crippen molar-refractivity contribution in [2.45, 2.75) is 6.92 Å². The molecule has 2 aromatic rings. The van der Waals surface area contributed by atoms with Crippen molar-refractivity contribution >= 4 is 24.0 Å². The number of likely N-dealkylation sites (N-methyl/N-ethyl adjacent to an activating group) is 1. The lowest BCUT2D eigenvalue weighted by Gasteiger charge is -2.09. The molecule has 0 aliphatic heterocycles. The Morgan fingerprint density at radius 2 is 1.69 bits per heavy atom. The SMILES string of the molecule is CCNC(=O)C(=Cc1ccc(OC)cc1)NC(=O)C=Cc1ccccc1. The maximum Gasteiger partial charge on any atom is 0.267 e. The van der Waals surface area contributed by atoms with Crippen LogP contribution in [0.25, 0.3) is 12.2 Å². The number of hydrogen-bond acceptors (Lipinski definition) is 3. The molecule has 0 heterocycles. The lowest BCUT2D eigenvalue weighted by molar-refractivity contribution is -0.121. The molecule has 2 N–H and O–H groups in total. The summed E-state index contributed by atoms with van der Waals surface area (Å²) in [7, 11) is 1.59. The molecular formula is C21H22N2O3. The van der Waals surface area contributed by atoms with Crippen molar-refractivity contribution in [2.75, 3.05) is 13.7 Å². The Labute approximate surface area is 153 Å². The number of hydrogen-bond donors (Lipinski definition) is 2. The van der Waals surface area contributed by atoms with Gasteiger partial charge in [0.05, 0.1) is 7.11 Å². The van der Waals surface area contributed by atoms with Crippen molar-refractivity contribution in [1.82, 2.24) is 10.6 Å². The van der Waals surface area contributed by atoms with E-state index in [9.17, 15) is 9.59 Å². The van der Waals surface area contributed by atoms with Gasteiger partial charge in [-0.1, -0.05) is 42.5 Å². The normalized spacial score (nSPS) is 11.2. The molecular weight excluding hydrogens is 328 g/mol. The fourth-order valence-electron chi connectivity index (χ4n) is 2.19. The Balaban J connectivity index is 2.15. The number of carbonyl (C=O) groups excluding carboxylic acids is 2. The molecule has 0 bridgehead atoms. The molecule has 5 heteroatoms. The van der Waals surface area contributed by atoms with Gasteiger partial charge in [0, 0.05) is 12.6 Å². The summed E-state index contributed by atoms with van der Waals surface area (Å²) in [5.74, 6) is 0.00110. The molecule has 0 unspecified atom stereocenters. The van der Waals surface area contributed by atoms with Gasteiger partial charge < -0.3 is 15.4 Å². The van der Waals surface area contributed by atoms with Crippen LogP contribution in [0.4, 0.5) is 0 Å². The lowest BCUT2D eigenvalue weighted by Crippen LogP contribution is -2.34. The van der Waals surface area contributed by atoms with Gasteiger partial charge in [-0.3, -0.25) is 9.59 Å². The largest absolute Gasteiger partial charge is 0.497 e. The molecule has 5 nitrogen and oxygen atoms in total. The number of carbonyl (C=O) groups is 2. The zero-order valence-corrected chi connectivity index (χ0v) is 14.9. The maximum absolute atomic E-state index is 12.2. The zero-order valence-electron chi connectivity index (χ0n) is 14.9. The predicted molar refractivity (Wildman–Crippen MR) is 103 cm³/mol. The second kappa shape index (κ2) is 9.84. The molecule has 26 heavy (non-hydrogen) atoms. The molecule has 2 rings (SSSR count). The highest BCUT2D eigenvalue weighted by Crippen LogP contribution is 2.13. The number of ether oxygens (including phenoxy) is 1. The first kappa shape index (κ1) is 19.0. The van der Waals surface area contributed by atoms with Crippen LogP contribution in [0.5, 0.6) is 5.75 Å². The van der Waals surface area contributed by atoms with Crippen molar-refractivity contribution in [3.8, 4) is 5.75 Å². The fourth-order valence-corrected chi connectivity index (χ4v) is 2.19. The lowest BCUT2D eigenvalue weighted by atomic mass is 10.1. The van der Waals surface area contributed by atoms with Crippen molar-refractivity contribution < 1.29 is 14.3 Å². The van der Waals surface area contributed by atoms with Crippen LogP contribution < -0.4 is 15.4 Å². The Bertz CT molecular complexity index is 794. The molecule has 2 amide bonds. The van der Waals surface area contributed by atoms with E-state index in [-0.39, 0.29) is 17.5 Å². The second-order valence-corrected chi connectivity index (χ2v) is 5.42. The quantitative estimate of drug-likeness (QED) is 0.755. The van der Waals surface area contributed by atoms with Crippen LogP contribution >= 0.6 is 0 Å². The first-order valence-electron chi connectivity index (χ1n) is 8.30. The van der Waals surface area contributed by atoms with Gasteiger partial charge >= 0.3 is 0 Å². The summed E-state index contributed by atoms with van der Waals surface area (Å²) >= 11 is 0. The van der Waals surface area contributed by atoms with E-state index in [0.717, 1.165) is 16.9 Å². The molecule has 0 aliphatic carbocycles. The molecule has 0 saturated carbocycles. The molecule has 0 spiro atoms. The van der Waals surface area contributed by atoms with Gasteiger partial charge in [-0.05, 0) is 42.3 Å².